The van der Waals surface area contributed by atoms with Gasteiger partial charge in [-0.1, -0.05) is 42.5 Å². The Labute approximate surface area is 131 Å². The largest absolute Gasteiger partial charge is 0.375 e. The zero-order chi connectivity index (χ0) is 15.9. The molecule has 2 N–H and O–H groups in total. The Bertz CT molecular complexity index is 640. The summed E-state index contributed by atoms with van der Waals surface area (Å²) >= 11 is 0. The molecule has 2 rings (SSSR count). The van der Waals surface area contributed by atoms with Gasteiger partial charge in [-0.25, -0.2) is 4.79 Å². The summed E-state index contributed by atoms with van der Waals surface area (Å²) in [4.78, 5) is 12.0. The molecule has 2 aromatic carbocycles. The van der Waals surface area contributed by atoms with Gasteiger partial charge in [0.15, 0.2) is 0 Å². The predicted molar refractivity (Wildman–Crippen MR) is 89.1 cm³/mol. The van der Waals surface area contributed by atoms with E-state index >= 15 is 0 Å². The fourth-order valence-electron chi connectivity index (χ4n) is 2.33. The first-order chi connectivity index (χ1) is 10.6. The second kappa shape index (κ2) is 7.61. The Kier molecular flexibility index (Phi) is 5.55. The highest BCUT2D eigenvalue weighted by molar-refractivity contribution is 5.90. The second-order valence-electron chi connectivity index (χ2n) is 5.23. The van der Waals surface area contributed by atoms with E-state index in [1.54, 1.807) is 7.11 Å². The quantitative estimate of drug-likeness (QED) is 0.882. The van der Waals surface area contributed by atoms with Gasteiger partial charge in [-0.05, 0) is 36.6 Å². The summed E-state index contributed by atoms with van der Waals surface area (Å²) < 4.78 is 5.50. The van der Waals surface area contributed by atoms with Crippen LogP contribution in [0.2, 0.25) is 0 Å². The lowest BCUT2D eigenvalue weighted by atomic mass is 10.0. The smallest absolute Gasteiger partial charge is 0.319 e. The number of para-hydroxylation sites is 1. The van der Waals surface area contributed by atoms with E-state index in [0.717, 1.165) is 22.4 Å². The molecule has 0 aliphatic heterocycles. The molecule has 116 valence electrons. The van der Waals surface area contributed by atoms with Crippen LogP contribution in [0.3, 0.4) is 0 Å². The molecule has 0 saturated carbocycles. The van der Waals surface area contributed by atoms with Gasteiger partial charge in [-0.3, -0.25) is 0 Å². The minimum atomic E-state index is -0.232. The number of nitrogens with one attached hydrogen (secondary N) is 2. The van der Waals surface area contributed by atoms with E-state index in [9.17, 15) is 4.79 Å². The molecule has 0 saturated heterocycles. The van der Waals surface area contributed by atoms with Gasteiger partial charge in [-0.2, -0.15) is 0 Å². The molecule has 0 spiro atoms. The number of carbonyl (C=O) groups is 1. The number of carbonyl (C=O) groups excluding carboxylic acids is 1. The van der Waals surface area contributed by atoms with Crippen molar-refractivity contribution >= 4 is 11.7 Å². The van der Waals surface area contributed by atoms with Crippen molar-refractivity contribution in [3.05, 3.63) is 65.2 Å². The van der Waals surface area contributed by atoms with Crippen molar-refractivity contribution in [2.75, 3.05) is 19.0 Å². The van der Waals surface area contributed by atoms with Gasteiger partial charge < -0.3 is 15.4 Å². The number of aryl methyl sites for hydroxylation is 2. The maximum absolute atomic E-state index is 12.0. The maximum Gasteiger partial charge on any atom is 0.319 e. The SMILES string of the molecule is COC(CNC(=O)Nc1ccccc1C)c1ccccc1C. The minimum absolute atomic E-state index is 0.163. The van der Waals surface area contributed by atoms with E-state index in [-0.39, 0.29) is 12.1 Å². The van der Waals surface area contributed by atoms with Crippen LogP contribution in [-0.2, 0) is 4.74 Å². The summed E-state index contributed by atoms with van der Waals surface area (Å²) in [5.74, 6) is 0. The van der Waals surface area contributed by atoms with Gasteiger partial charge in [0.25, 0.3) is 0 Å². The number of anilines is 1. The van der Waals surface area contributed by atoms with Crippen LogP contribution in [0.4, 0.5) is 10.5 Å². The molecule has 0 bridgehead atoms. The van der Waals surface area contributed by atoms with E-state index in [2.05, 4.69) is 10.6 Å². The molecule has 4 nitrogen and oxygen atoms in total. The molecule has 0 aliphatic rings. The molecule has 0 aromatic heterocycles. The first-order valence-corrected chi connectivity index (χ1v) is 7.30. The number of ether oxygens (including phenoxy) is 1. The zero-order valence-corrected chi connectivity index (χ0v) is 13.2. The van der Waals surface area contributed by atoms with Crippen LogP contribution in [0.25, 0.3) is 0 Å². The Hall–Kier alpha value is -2.33. The monoisotopic (exact) mass is 298 g/mol. The Morgan fingerprint density at radius 1 is 1.05 bits per heavy atom. The maximum atomic E-state index is 12.0. The Morgan fingerprint density at radius 3 is 2.32 bits per heavy atom. The number of hydrogen-bond acceptors (Lipinski definition) is 2. The number of hydrogen-bond donors (Lipinski definition) is 2. The lowest BCUT2D eigenvalue weighted by Crippen LogP contribution is -2.33. The van der Waals surface area contributed by atoms with Crippen molar-refractivity contribution in [2.45, 2.75) is 20.0 Å². The topological polar surface area (TPSA) is 50.4 Å². The number of benzene rings is 2. The molecule has 4 heteroatoms. The van der Waals surface area contributed by atoms with Crippen molar-refractivity contribution in [1.82, 2.24) is 5.32 Å². The normalized spacial score (nSPS) is 11.8. The number of rotatable bonds is 5. The van der Waals surface area contributed by atoms with Crippen molar-refractivity contribution < 1.29 is 9.53 Å². The molecule has 0 heterocycles. The minimum Gasteiger partial charge on any atom is -0.375 e. The summed E-state index contributed by atoms with van der Waals surface area (Å²) in [7, 11) is 1.65. The molecule has 2 aromatic rings. The summed E-state index contributed by atoms with van der Waals surface area (Å²) in [6.07, 6.45) is -0.163. The molecule has 1 unspecified atom stereocenters. The zero-order valence-electron chi connectivity index (χ0n) is 13.2. The third-order valence-corrected chi connectivity index (χ3v) is 3.66. The molecule has 2 amide bonds. The van der Waals surface area contributed by atoms with Crippen molar-refractivity contribution in [3.63, 3.8) is 0 Å². The van der Waals surface area contributed by atoms with Crippen LogP contribution in [0.5, 0.6) is 0 Å². The Balaban J connectivity index is 1.95. The van der Waals surface area contributed by atoms with Crippen LogP contribution in [-0.4, -0.2) is 19.7 Å². The molecule has 22 heavy (non-hydrogen) atoms. The van der Waals surface area contributed by atoms with Gasteiger partial charge in [0.05, 0.1) is 6.10 Å². The highest BCUT2D eigenvalue weighted by Crippen LogP contribution is 2.19. The molecule has 1 atom stereocenters. The first kappa shape index (κ1) is 16.0. The highest BCUT2D eigenvalue weighted by atomic mass is 16.5. The van der Waals surface area contributed by atoms with Crippen molar-refractivity contribution in [2.24, 2.45) is 0 Å². The summed E-state index contributed by atoms with van der Waals surface area (Å²) in [6.45, 7) is 4.41. The molecule has 0 aliphatic carbocycles. The fourth-order valence-corrected chi connectivity index (χ4v) is 2.33. The Morgan fingerprint density at radius 2 is 1.68 bits per heavy atom. The predicted octanol–water partition coefficient (Wildman–Crippen LogP) is 3.81. The number of urea groups is 1. The molecular formula is C18H22N2O2. The van der Waals surface area contributed by atoms with Crippen LogP contribution < -0.4 is 10.6 Å². The van der Waals surface area contributed by atoms with Crippen molar-refractivity contribution in [1.29, 1.82) is 0 Å². The van der Waals surface area contributed by atoms with E-state index in [4.69, 9.17) is 4.74 Å². The van der Waals surface area contributed by atoms with Gasteiger partial charge >= 0.3 is 6.03 Å². The van der Waals surface area contributed by atoms with Gasteiger partial charge in [-0.15, -0.1) is 0 Å². The highest BCUT2D eigenvalue weighted by Gasteiger charge is 2.14. The van der Waals surface area contributed by atoms with Gasteiger partial charge in [0.1, 0.15) is 0 Å². The lowest BCUT2D eigenvalue weighted by Gasteiger charge is -2.19. The molecule has 0 fully saturated rings. The summed E-state index contributed by atoms with van der Waals surface area (Å²) in [6, 6.07) is 15.5. The molecule has 0 radical (unpaired) electrons. The number of methoxy groups -OCH3 is 1. The van der Waals surface area contributed by atoms with E-state index in [1.807, 2.05) is 62.4 Å². The average molecular weight is 298 g/mol. The van der Waals surface area contributed by atoms with Crippen LogP contribution in [0, 0.1) is 13.8 Å². The fraction of sp³-hybridized carbons (Fsp3) is 0.278. The van der Waals surface area contributed by atoms with Crippen LogP contribution in [0.1, 0.15) is 22.8 Å². The third kappa shape index (κ3) is 4.09. The third-order valence-electron chi connectivity index (χ3n) is 3.66. The summed E-state index contributed by atoms with van der Waals surface area (Å²) in [5.41, 5.74) is 4.07. The van der Waals surface area contributed by atoms with Gasteiger partial charge in [0, 0.05) is 19.3 Å². The first-order valence-electron chi connectivity index (χ1n) is 7.30. The molecular weight excluding hydrogens is 276 g/mol. The van der Waals surface area contributed by atoms with Crippen LogP contribution >= 0.6 is 0 Å². The second-order valence-corrected chi connectivity index (χ2v) is 5.23. The van der Waals surface area contributed by atoms with Crippen LogP contribution in [0.15, 0.2) is 48.5 Å². The standard InChI is InChI=1S/C18H22N2O2/c1-13-8-4-6-10-15(13)17(22-3)12-19-18(21)20-16-11-7-5-9-14(16)2/h4-11,17H,12H2,1-3H3,(H2,19,20,21). The van der Waals surface area contributed by atoms with E-state index in [0.29, 0.717) is 6.54 Å². The lowest BCUT2D eigenvalue weighted by molar-refractivity contribution is 0.104. The number of amides is 2. The van der Waals surface area contributed by atoms with Crippen molar-refractivity contribution in [3.8, 4) is 0 Å². The van der Waals surface area contributed by atoms with E-state index in [1.165, 1.54) is 0 Å². The van der Waals surface area contributed by atoms with Gasteiger partial charge in [0.2, 0.25) is 0 Å². The van der Waals surface area contributed by atoms with E-state index < -0.39 is 0 Å². The summed E-state index contributed by atoms with van der Waals surface area (Å²) in [5, 5.41) is 5.71. The average Bonchev–Trinajstić information content (AvgIpc) is 2.52.